The van der Waals surface area contributed by atoms with Crippen LogP contribution in [0, 0.1) is 6.92 Å². The molecule has 1 N–H and O–H groups in total. The minimum atomic E-state index is -0.842. The van der Waals surface area contributed by atoms with Crippen LogP contribution < -0.4 is 14.4 Å². The molecule has 0 saturated carbocycles. The van der Waals surface area contributed by atoms with Gasteiger partial charge in [0, 0.05) is 11.3 Å². The van der Waals surface area contributed by atoms with Crippen molar-refractivity contribution in [3.8, 4) is 11.5 Å². The number of benzene rings is 3. The fourth-order valence-corrected chi connectivity index (χ4v) is 4.71. The van der Waals surface area contributed by atoms with Gasteiger partial charge in [-0.3, -0.25) is 14.5 Å². The number of ether oxygens (including phenoxy) is 2. The maximum atomic E-state index is 13.6. The Morgan fingerprint density at radius 2 is 1.55 bits per heavy atom. The molecule has 1 amide bonds. The molecule has 1 aliphatic heterocycles. The molecule has 6 heteroatoms. The predicted molar refractivity (Wildman–Crippen MR) is 150 cm³/mol. The number of anilines is 1. The Labute approximate surface area is 224 Å². The van der Waals surface area contributed by atoms with Crippen molar-refractivity contribution in [2.75, 3.05) is 18.1 Å². The number of Topliss-reactive ketones (excluding diaryl/α,β-unsaturated/α-hetero) is 1. The second-order valence-corrected chi connectivity index (χ2v) is 10.4. The third kappa shape index (κ3) is 5.17. The van der Waals surface area contributed by atoms with Gasteiger partial charge in [-0.15, -0.1) is 0 Å². The zero-order valence-corrected chi connectivity index (χ0v) is 22.9. The van der Waals surface area contributed by atoms with Gasteiger partial charge in [0.25, 0.3) is 11.7 Å². The highest BCUT2D eigenvalue weighted by Gasteiger charge is 2.47. The van der Waals surface area contributed by atoms with Crippen LogP contribution in [-0.4, -0.2) is 30.0 Å². The van der Waals surface area contributed by atoms with E-state index >= 15 is 0 Å². The van der Waals surface area contributed by atoms with E-state index in [0.717, 1.165) is 11.1 Å². The van der Waals surface area contributed by atoms with Gasteiger partial charge in [-0.1, -0.05) is 45.0 Å². The number of carbonyl (C=O) groups excluding carboxylic acids is 2. The molecule has 0 aromatic heterocycles. The maximum Gasteiger partial charge on any atom is 0.300 e. The smallest absolute Gasteiger partial charge is 0.300 e. The summed E-state index contributed by atoms with van der Waals surface area (Å²) in [6.07, 6.45) is 0. The molecule has 0 aliphatic carbocycles. The molecule has 1 unspecified atom stereocenters. The highest BCUT2D eigenvalue weighted by Crippen LogP contribution is 2.43. The Morgan fingerprint density at radius 1 is 0.895 bits per heavy atom. The van der Waals surface area contributed by atoms with E-state index in [1.165, 1.54) is 4.90 Å². The predicted octanol–water partition coefficient (Wildman–Crippen LogP) is 6.72. The zero-order chi connectivity index (χ0) is 27.6. The number of aliphatic hydroxyl groups excluding tert-OH is 1. The van der Waals surface area contributed by atoms with Crippen molar-refractivity contribution in [2.45, 2.75) is 53.0 Å². The number of hydrogen-bond donors (Lipinski definition) is 1. The first-order valence-corrected chi connectivity index (χ1v) is 12.9. The number of hydrogen-bond acceptors (Lipinski definition) is 5. The second-order valence-electron chi connectivity index (χ2n) is 10.4. The summed E-state index contributed by atoms with van der Waals surface area (Å²) in [5.74, 6) is -0.339. The Balaban J connectivity index is 1.94. The van der Waals surface area contributed by atoms with Crippen molar-refractivity contribution in [3.05, 3.63) is 94.6 Å². The first-order chi connectivity index (χ1) is 18.1. The van der Waals surface area contributed by atoms with Gasteiger partial charge in [0.1, 0.15) is 17.3 Å². The number of amides is 1. The number of carbonyl (C=O) groups is 2. The Hall–Kier alpha value is -4.06. The first-order valence-electron chi connectivity index (χ1n) is 12.9. The highest BCUT2D eigenvalue weighted by molar-refractivity contribution is 6.51. The molecule has 38 heavy (non-hydrogen) atoms. The summed E-state index contributed by atoms with van der Waals surface area (Å²) in [7, 11) is 0. The van der Waals surface area contributed by atoms with E-state index in [4.69, 9.17) is 9.47 Å². The van der Waals surface area contributed by atoms with Crippen LogP contribution >= 0.6 is 0 Å². The van der Waals surface area contributed by atoms with Gasteiger partial charge in [0.15, 0.2) is 0 Å². The van der Waals surface area contributed by atoms with Crippen molar-refractivity contribution in [1.29, 1.82) is 0 Å². The minimum Gasteiger partial charge on any atom is -0.507 e. The van der Waals surface area contributed by atoms with Crippen LogP contribution in [-0.2, 0) is 15.0 Å². The van der Waals surface area contributed by atoms with E-state index in [9.17, 15) is 14.7 Å². The monoisotopic (exact) mass is 513 g/mol. The molecule has 4 rings (SSSR count). The summed E-state index contributed by atoms with van der Waals surface area (Å²) in [6, 6.07) is 19.4. The molecule has 198 valence electrons. The molecule has 1 aliphatic rings. The van der Waals surface area contributed by atoms with Crippen LogP contribution in [0.4, 0.5) is 5.69 Å². The average Bonchev–Trinajstić information content (AvgIpc) is 3.14. The molecule has 1 saturated heterocycles. The topological polar surface area (TPSA) is 76.1 Å². The van der Waals surface area contributed by atoms with Gasteiger partial charge >= 0.3 is 0 Å². The summed E-state index contributed by atoms with van der Waals surface area (Å²) in [5.41, 5.74) is 3.43. The Morgan fingerprint density at radius 3 is 2.18 bits per heavy atom. The molecular formula is C32H35NO5. The third-order valence-corrected chi connectivity index (χ3v) is 6.71. The van der Waals surface area contributed by atoms with E-state index < -0.39 is 17.7 Å². The maximum absolute atomic E-state index is 13.6. The van der Waals surface area contributed by atoms with Crippen LogP contribution in [0.15, 0.2) is 72.3 Å². The van der Waals surface area contributed by atoms with Crippen LogP contribution in [0.5, 0.6) is 11.5 Å². The van der Waals surface area contributed by atoms with Gasteiger partial charge in [-0.25, -0.2) is 0 Å². The van der Waals surface area contributed by atoms with Gasteiger partial charge in [-0.05, 0) is 85.3 Å². The lowest BCUT2D eigenvalue weighted by Gasteiger charge is -2.26. The van der Waals surface area contributed by atoms with E-state index in [1.807, 2.05) is 63.2 Å². The molecular weight excluding hydrogens is 478 g/mol. The summed E-state index contributed by atoms with van der Waals surface area (Å²) >= 11 is 0. The second kappa shape index (κ2) is 10.7. The number of rotatable bonds is 7. The molecule has 1 heterocycles. The Kier molecular flexibility index (Phi) is 7.63. The zero-order valence-electron chi connectivity index (χ0n) is 22.9. The SMILES string of the molecule is CCOc1ccc(N2C(=O)C(=O)/C(=C(/O)c3cc(C(C)(C)C)ccc3C)C2c2cccc(OCC)c2)cc1. The van der Waals surface area contributed by atoms with E-state index in [0.29, 0.717) is 41.5 Å². The quantitative estimate of drug-likeness (QED) is 0.216. The molecule has 3 aromatic rings. The van der Waals surface area contributed by atoms with Crippen molar-refractivity contribution >= 4 is 23.1 Å². The fourth-order valence-electron chi connectivity index (χ4n) is 4.71. The van der Waals surface area contributed by atoms with Gasteiger partial charge in [0.05, 0.1) is 24.8 Å². The summed E-state index contributed by atoms with van der Waals surface area (Å²) in [6.45, 7) is 12.9. The molecule has 0 bridgehead atoms. The summed E-state index contributed by atoms with van der Waals surface area (Å²) in [4.78, 5) is 28.6. The van der Waals surface area contributed by atoms with E-state index in [1.54, 1.807) is 24.3 Å². The number of aryl methyl sites for hydroxylation is 1. The molecule has 6 nitrogen and oxygen atoms in total. The standard InChI is InChI=1S/C32H35NO5/c1-7-37-24-16-14-23(15-17-24)33-28(21-10-9-11-25(18-21)38-8-2)27(30(35)31(33)36)29(34)26-19-22(32(4,5)6)13-12-20(26)3/h9-19,28,34H,7-8H2,1-6H3/b29-27+. The van der Waals surface area contributed by atoms with E-state index in [2.05, 4.69) is 20.8 Å². The van der Waals surface area contributed by atoms with Gasteiger partial charge < -0.3 is 14.6 Å². The normalized spacial score (nSPS) is 17.1. The number of nitrogens with zero attached hydrogens (tertiary/aromatic N) is 1. The van der Waals surface area contributed by atoms with Crippen molar-refractivity contribution in [3.63, 3.8) is 0 Å². The highest BCUT2D eigenvalue weighted by atomic mass is 16.5. The Bertz CT molecular complexity index is 1380. The fraction of sp³-hybridized carbons (Fsp3) is 0.312. The molecule has 1 fully saturated rings. The third-order valence-electron chi connectivity index (χ3n) is 6.71. The molecule has 3 aromatic carbocycles. The molecule has 0 spiro atoms. The summed E-state index contributed by atoms with van der Waals surface area (Å²) < 4.78 is 11.3. The van der Waals surface area contributed by atoms with Gasteiger partial charge in [-0.2, -0.15) is 0 Å². The van der Waals surface area contributed by atoms with Crippen molar-refractivity contribution < 1.29 is 24.2 Å². The molecule has 0 radical (unpaired) electrons. The van der Waals surface area contributed by atoms with Crippen LogP contribution in [0.2, 0.25) is 0 Å². The van der Waals surface area contributed by atoms with Crippen molar-refractivity contribution in [2.24, 2.45) is 0 Å². The lowest BCUT2D eigenvalue weighted by Crippen LogP contribution is -2.29. The average molecular weight is 514 g/mol. The van der Waals surface area contributed by atoms with Crippen LogP contribution in [0.25, 0.3) is 5.76 Å². The minimum absolute atomic E-state index is 0.0479. The number of aliphatic hydroxyl groups is 1. The lowest BCUT2D eigenvalue weighted by atomic mass is 9.84. The molecule has 1 atom stereocenters. The number of ketones is 1. The van der Waals surface area contributed by atoms with Gasteiger partial charge in [0.2, 0.25) is 0 Å². The largest absolute Gasteiger partial charge is 0.507 e. The first kappa shape index (κ1) is 27.0. The van der Waals surface area contributed by atoms with E-state index in [-0.39, 0.29) is 16.7 Å². The lowest BCUT2D eigenvalue weighted by molar-refractivity contribution is -0.132. The van der Waals surface area contributed by atoms with Crippen molar-refractivity contribution in [1.82, 2.24) is 0 Å². The van der Waals surface area contributed by atoms with Crippen LogP contribution in [0.3, 0.4) is 0 Å². The summed E-state index contributed by atoms with van der Waals surface area (Å²) in [5, 5.41) is 11.7. The van der Waals surface area contributed by atoms with Crippen LogP contribution in [0.1, 0.15) is 62.9 Å².